The molecule has 1 aliphatic carbocycles. The predicted octanol–water partition coefficient (Wildman–Crippen LogP) is 4.21. The molecule has 4 rings (SSSR count). The SMILES string of the molecule is CNc1ccc(Nc2ccc(C)c(S(=O)(=O)F)c2)c2c1C(=O)c1ccccc1C2=O. The first-order valence-corrected chi connectivity index (χ1v) is 10.5. The number of benzene rings is 3. The smallest absolute Gasteiger partial charge is 0.332 e. The quantitative estimate of drug-likeness (QED) is 0.477. The van der Waals surface area contributed by atoms with Crippen LogP contribution in [0.3, 0.4) is 0 Å². The molecular formula is C22H17FN2O4S. The van der Waals surface area contributed by atoms with E-state index in [1.165, 1.54) is 13.0 Å². The molecule has 0 aliphatic heterocycles. The van der Waals surface area contributed by atoms with Crippen molar-refractivity contribution in [1.29, 1.82) is 0 Å². The summed E-state index contributed by atoms with van der Waals surface area (Å²) >= 11 is 0. The van der Waals surface area contributed by atoms with Crippen LogP contribution < -0.4 is 10.6 Å². The molecule has 0 atom stereocenters. The summed E-state index contributed by atoms with van der Waals surface area (Å²) in [5, 5.41) is 5.91. The molecule has 0 aromatic heterocycles. The Morgan fingerprint density at radius 3 is 1.97 bits per heavy atom. The van der Waals surface area contributed by atoms with E-state index in [0.29, 0.717) is 22.5 Å². The van der Waals surface area contributed by atoms with Crippen LogP contribution in [0.2, 0.25) is 0 Å². The van der Waals surface area contributed by atoms with Gasteiger partial charge in [-0.25, -0.2) is 0 Å². The van der Waals surface area contributed by atoms with Crippen LogP contribution in [-0.4, -0.2) is 27.0 Å². The zero-order chi connectivity index (χ0) is 21.6. The average molecular weight is 424 g/mol. The topological polar surface area (TPSA) is 92.3 Å². The summed E-state index contributed by atoms with van der Waals surface area (Å²) in [4.78, 5) is 25.9. The van der Waals surface area contributed by atoms with Crippen molar-refractivity contribution in [2.24, 2.45) is 0 Å². The summed E-state index contributed by atoms with van der Waals surface area (Å²) in [6, 6.07) is 14.0. The van der Waals surface area contributed by atoms with E-state index in [0.717, 1.165) is 6.07 Å². The van der Waals surface area contributed by atoms with Gasteiger partial charge in [0.25, 0.3) is 0 Å². The van der Waals surface area contributed by atoms with Crippen LogP contribution in [0.25, 0.3) is 0 Å². The molecule has 0 saturated carbocycles. The van der Waals surface area contributed by atoms with E-state index in [1.54, 1.807) is 49.5 Å². The van der Waals surface area contributed by atoms with Gasteiger partial charge >= 0.3 is 10.2 Å². The maximum Gasteiger partial charge on any atom is 0.332 e. The van der Waals surface area contributed by atoms with Gasteiger partial charge in [0.15, 0.2) is 11.6 Å². The fourth-order valence-electron chi connectivity index (χ4n) is 3.63. The van der Waals surface area contributed by atoms with Gasteiger partial charge in [0.05, 0.1) is 16.8 Å². The Morgan fingerprint density at radius 1 is 0.833 bits per heavy atom. The van der Waals surface area contributed by atoms with Gasteiger partial charge in [0.1, 0.15) is 4.90 Å². The van der Waals surface area contributed by atoms with Gasteiger partial charge in [-0.3, -0.25) is 9.59 Å². The van der Waals surface area contributed by atoms with Gasteiger partial charge in [0, 0.05) is 29.5 Å². The molecule has 0 spiro atoms. The van der Waals surface area contributed by atoms with E-state index in [4.69, 9.17) is 0 Å². The third-order valence-electron chi connectivity index (χ3n) is 5.07. The summed E-state index contributed by atoms with van der Waals surface area (Å²) in [5.74, 6) is -0.616. The van der Waals surface area contributed by atoms with Gasteiger partial charge in [-0.05, 0) is 36.8 Å². The highest BCUT2D eigenvalue weighted by atomic mass is 32.3. The van der Waals surface area contributed by atoms with E-state index in [-0.39, 0.29) is 33.9 Å². The lowest BCUT2D eigenvalue weighted by atomic mass is 9.82. The fourth-order valence-corrected chi connectivity index (χ4v) is 4.35. The lowest BCUT2D eigenvalue weighted by Gasteiger charge is -2.23. The van der Waals surface area contributed by atoms with Gasteiger partial charge in [-0.1, -0.05) is 30.3 Å². The molecule has 8 heteroatoms. The normalized spacial score (nSPS) is 12.9. The molecule has 0 bridgehead atoms. The van der Waals surface area contributed by atoms with Gasteiger partial charge in [0.2, 0.25) is 0 Å². The Morgan fingerprint density at radius 2 is 1.40 bits per heavy atom. The highest BCUT2D eigenvalue weighted by Crippen LogP contribution is 2.37. The summed E-state index contributed by atoms with van der Waals surface area (Å²) in [7, 11) is -3.25. The standard InChI is InChI=1S/C22H17FN2O4S/c1-12-7-8-13(11-18(12)30(23,28)29)25-17-10-9-16(24-2)19-20(17)22(27)15-6-4-3-5-14(15)21(19)26/h3-11,24-25H,1-2H3. The van der Waals surface area contributed by atoms with E-state index in [2.05, 4.69) is 10.6 Å². The number of hydrogen-bond donors (Lipinski definition) is 2. The zero-order valence-corrected chi connectivity index (χ0v) is 16.9. The number of halogens is 1. The molecule has 152 valence electrons. The van der Waals surface area contributed by atoms with Crippen LogP contribution in [0.4, 0.5) is 20.9 Å². The van der Waals surface area contributed by atoms with Gasteiger partial charge in [-0.15, -0.1) is 3.89 Å². The van der Waals surface area contributed by atoms with Crippen LogP contribution in [0.1, 0.15) is 37.4 Å². The first-order valence-electron chi connectivity index (χ1n) is 9.08. The number of hydrogen-bond acceptors (Lipinski definition) is 6. The molecular weight excluding hydrogens is 407 g/mol. The molecule has 3 aromatic rings. The minimum atomic E-state index is -4.91. The van der Waals surface area contributed by atoms with Crippen LogP contribution >= 0.6 is 0 Å². The van der Waals surface area contributed by atoms with E-state index in [9.17, 15) is 21.9 Å². The second-order valence-corrected chi connectivity index (χ2v) is 8.22. The van der Waals surface area contributed by atoms with E-state index >= 15 is 0 Å². The van der Waals surface area contributed by atoms with Crippen molar-refractivity contribution >= 4 is 38.9 Å². The van der Waals surface area contributed by atoms with Crippen molar-refractivity contribution in [1.82, 2.24) is 0 Å². The lowest BCUT2D eigenvalue weighted by molar-refractivity contribution is 0.0980. The summed E-state index contributed by atoms with van der Waals surface area (Å²) in [6.45, 7) is 1.49. The molecule has 0 heterocycles. The predicted molar refractivity (Wildman–Crippen MR) is 112 cm³/mol. The summed E-state index contributed by atoms with van der Waals surface area (Å²) in [5.41, 5.74) is 2.38. The van der Waals surface area contributed by atoms with Crippen LogP contribution in [0, 0.1) is 6.92 Å². The molecule has 6 nitrogen and oxygen atoms in total. The Labute approximate surface area is 173 Å². The molecule has 0 radical (unpaired) electrons. The highest BCUT2D eigenvalue weighted by Gasteiger charge is 2.33. The fraction of sp³-hybridized carbons (Fsp3) is 0.0909. The Kier molecular flexibility index (Phi) is 4.66. The maximum absolute atomic E-state index is 13.6. The number of fused-ring (bicyclic) bond motifs is 2. The Balaban J connectivity index is 1.88. The number of rotatable bonds is 4. The average Bonchev–Trinajstić information content (AvgIpc) is 2.72. The third kappa shape index (κ3) is 3.15. The summed E-state index contributed by atoms with van der Waals surface area (Å²) in [6.07, 6.45) is 0. The molecule has 1 aliphatic rings. The molecule has 2 N–H and O–H groups in total. The van der Waals surface area contributed by atoms with Crippen molar-refractivity contribution < 1.29 is 21.9 Å². The van der Waals surface area contributed by atoms with Crippen molar-refractivity contribution in [3.63, 3.8) is 0 Å². The minimum Gasteiger partial charge on any atom is -0.388 e. The molecule has 3 aromatic carbocycles. The zero-order valence-electron chi connectivity index (χ0n) is 16.1. The monoisotopic (exact) mass is 424 g/mol. The van der Waals surface area contributed by atoms with Crippen molar-refractivity contribution in [2.45, 2.75) is 11.8 Å². The number of carbonyl (C=O) groups excluding carboxylic acids is 2. The van der Waals surface area contributed by atoms with E-state index in [1.807, 2.05) is 0 Å². The van der Waals surface area contributed by atoms with Gasteiger partial charge < -0.3 is 10.6 Å². The largest absolute Gasteiger partial charge is 0.388 e. The summed E-state index contributed by atoms with van der Waals surface area (Å²) < 4.78 is 36.4. The Bertz CT molecular complexity index is 1330. The first-order chi connectivity index (χ1) is 14.2. The molecule has 0 fully saturated rings. The molecule has 0 saturated heterocycles. The van der Waals surface area contributed by atoms with Gasteiger partial charge in [-0.2, -0.15) is 8.42 Å². The van der Waals surface area contributed by atoms with Crippen LogP contribution in [0.15, 0.2) is 59.5 Å². The number of carbonyl (C=O) groups is 2. The highest BCUT2D eigenvalue weighted by molar-refractivity contribution is 7.86. The number of nitrogens with one attached hydrogen (secondary N) is 2. The number of ketones is 2. The molecule has 0 unspecified atom stereocenters. The van der Waals surface area contributed by atoms with Crippen molar-refractivity contribution in [2.75, 3.05) is 17.7 Å². The second-order valence-electron chi connectivity index (χ2n) is 6.91. The number of aryl methyl sites for hydroxylation is 1. The van der Waals surface area contributed by atoms with Crippen molar-refractivity contribution in [3.05, 3.63) is 82.4 Å². The third-order valence-corrected chi connectivity index (χ3v) is 6.04. The second kappa shape index (κ2) is 7.07. The molecule has 0 amide bonds. The van der Waals surface area contributed by atoms with Crippen LogP contribution in [-0.2, 0) is 10.2 Å². The minimum absolute atomic E-state index is 0.177. The first kappa shape index (κ1) is 19.8. The van der Waals surface area contributed by atoms with E-state index < -0.39 is 15.1 Å². The number of anilines is 3. The van der Waals surface area contributed by atoms with Crippen molar-refractivity contribution in [3.8, 4) is 0 Å². The van der Waals surface area contributed by atoms with Crippen LogP contribution in [0.5, 0.6) is 0 Å². The lowest BCUT2D eigenvalue weighted by Crippen LogP contribution is -2.23. The maximum atomic E-state index is 13.6. The Hall–Kier alpha value is -3.52. The molecule has 30 heavy (non-hydrogen) atoms.